The van der Waals surface area contributed by atoms with Crippen LogP contribution >= 0.6 is 0 Å². The molecule has 2 amide bonds. The fourth-order valence-corrected chi connectivity index (χ4v) is 4.97. The molecule has 42 heavy (non-hydrogen) atoms. The normalized spacial score (nSPS) is 19.7. The van der Waals surface area contributed by atoms with Crippen LogP contribution in [0.15, 0.2) is 54.9 Å². The highest BCUT2D eigenvalue weighted by Gasteiger charge is 2.57. The summed E-state index contributed by atoms with van der Waals surface area (Å²) in [6.45, 7) is -0.181. The number of hydrogen-bond acceptors (Lipinski definition) is 6. The zero-order valence-corrected chi connectivity index (χ0v) is 22.2. The number of nitrogens with two attached hydrogens (primary N) is 1. The van der Waals surface area contributed by atoms with E-state index in [1.807, 2.05) is 0 Å². The molecule has 2 atom stereocenters. The van der Waals surface area contributed by atoms with Crippen molar-refractivity contribution in [2.45, 2.75) is 42.9 Å². The van der Waals surface area contributed by atoms with Gasteiger partial charge in [0.05, 0.1) is 23.5 Å². The minimum absolute atomic E-state index is 0.0144. The number of fused-ring (bicyclic) bond motifs is 2. The smallest absolute Gasteiger partial charge is 0.424 e. The van der Waals surface area contributed by atoms with Crippen molar-refractivity contribution in [2.75, 3.05) is 13.2 Å². The molecule has 4 aromatic rings. The van der Waals surface area contributed by atoms with Gasteiger partial charge in [0, 0.05) is 29.4 Å². The number of benzene rings is 1. The molecule has 4 N–H and O–H groups in total. The molecule has 1 aliphatic heterocycles. The van der Waals surface area contributed by atoms with Gasteiger partial charge in [0.25, 0.3) is 5.91 Å². The Kier molecular flexibility index (Phi) is 6.26. The van der Waals surface area contributed by atoms with Gasteiger partial charge in [0.15, 0.2) is 0 Å². The molecule has 13 heteroatoms. The Balaban J connectivity index is 1.38. The average Bonchev–Trinajstić information content (AvgIpc) is 3.62. The number of amides is 2. The SMILES string of the molecule is C[C@]1(C(N)=O)COc2c1cc(C(O)(CNC(=O)c1ccc3nc(C4CC4)cn3c1)C(F)(F)F)nc2-c1ccc(F)cc1. The monoisotopic (exact) mass is 583 g/mol. The fourth-order valence-electron chi connectivity index (χ4n) is 4.97. The van der Waals surface area contributed by atoms with Crippen LogP contribution in [0.5, 0.6) is 5.75 Å². The largest absolute Gasteiger partial charge is 0.489 e. The third-order valence-electron chi connectivity index (χ3n) is 7.86. The van der Waals surface area contributed by atoms with E-state index in [-0.39, 0.29) is 34.7 Å². The fraction of sp³-hybridized carbons (Fsp3) is 0.310. The average molecular weight is 584 g/mol. The molecule has 6 rings (SSSR count). The summed E-state index contributed by atoms with van der Waals surface area (Å²) in [6, 6.07) is 8.64. The molecular weight excluding hydrogens is 558 g/mol. The lowest BCUT2D eigenvalue weighted by molar-refractivity contribution is -0.265. The van der Waals surface area contributed by atoms with Crippen molar-refractivity contribution in [3.63, 3.8) is 0 Å². The predicted octanol–water partition coefficient (Wildman–Crippen LogP) is 3.73. The third-order valence-corrected chi connectivity index (χ3v) is 7.86. The Morgan fingerprint density at radius 3 is 2.50 bits per heavy atom. The predicted molar refractivity (Wildman–Crippen MR) is 141 cm³/mol. The molecular formula is C29H25F4N5O4. The lowest BCUT2D eigenvalue weighted by atomic mass is 9.81. The highest BCUT2D eigenvalue weighted by Crippen LogP contribution is 2.47. The van der Waals surface area contributed by atoms with Crippen LogP contribution in [0.3, 0.4) is 0 Å². The van der Waals surface area contributed by atoms with Crippen LogP contribution in [0.1, 0.15) is 53.0 Å². The second-order valence-corrected chi connectivity index (χ2v) is 10.9. The van der Waals surface area contributed by atoms with Crippen molar-refractivity contribution < 1.29 is 37.0 Å². The molecule has 9 nitrogen and oxygen atoms in total. The third kappa shape index (κ3) is 4.53. The maximum absolute atomic E-state index is 14.6. The Labute approximate surface area is 236 Å². The molecule has 4 heterocycles. The van der Waals surface area contributed by atoms with Crippen LogP contribution in [-0.4, -0.2) is 50.6 Å². The number of nitrogens with zero attached hydrogens (tertiary/aromatic N) is 3. The topological polar surface area (TPSA) is 132 Å². The summed E-state index contributed by atoms with van der Waals surface area (Å²) in [5.41, 5.74) is 0.981. The number of primary amides is 1. The molecule has 1 saturated carbocycles. The van der Waals surface area contributed by atoms with E-state index in [0.29, 0.717) is 11.6 Å². The number of rotatable bonds is 7. The number of aliphatic hydroxyl groups is 1. The zero-order valence-electron chi connectivity index (χ0n) is 22.2. The number of halogens is 4. The minimum Gasteiger partial charge on any atom is -0.489 e. The Hall–Kier alpha value is -4.52. The minimum atomic E-state index is -5.32. The molecule has 2 aliphatic rings. The van der Waals surface area contributed by atoms with Gasteiger partial charge in [-0.25, -0.2) is 14.4 Å². The first-order valence-electron chi connectivity index (χ1n) is 13.1. The first-order valence-corrected chi connectivity index (χ1v) is 13.1. The van der Waals surface area contributed by atoms with Gasteiger partial charge in [-0.3, -0.25) is 9.59 Å². The maximum atomic E-state index is 14.6. The van der Waals surface area contributed by atoms with Crippen molar-refractivity contribution in [1.29, 1.82) is 0 Å². The summed E-state index contributed by atoms with van der Waals surface area (Å²) in [5, 5.41) is 13.4. The van der Waals surface area contributed by atoms with E-state index >= 15 is 0 Å². The maximum Gasteiger partial charge on any atom is 0.424 e. The van der Waals surface area contributed by atoms with E-state index in [1.54, 1.807) is 16.7 Å². The summed E-state index contributed by atoms with van der Waals surface area (Å²) in [7, 11) is 0. The molecule has 0 saturated heterocycles. The van der Waals surface area contributed by atoms with Crippen LogP contribution in [-0.2, 0) is 15.8 Å². The van der Waals surface area contributed by atoms with Crippen molar-refractivity contribution >= 4 is 17.5 Å². The number of nitrogens with one attached hydrogen (secondary N) is 1. The standard InChI is InChI=1S/C29H25F4N5O4/c1-27(26(34)40)14-42-24-19(27)10-21(37-23(24)16-4-7-18(30)8-5-16)28(41,29(31,32)33)13-35-25(39)17-6-9-22-36-20(15-2-3-15)12-38(22)11-17/h4-12,15,41H,2-3,13-14H2,1H3,(H2,34,40)(H,35,39)/t27-,28?/m0/s1. The van der Waals surface area contributed by atoms with Crippen LogP contribution in [0.2, 0.25) is 0 Å². The molecule has 0 bridgehead atoms. The number of imidazole rings is 1. The van der Waals surface area contributed by atoms with Gasteiger partial charge < -0.3 is 25.3 Å². The molecule has 3 aromatic heterocycles. The molecule has 1 aromatic carbocycles. The number of aromatic nitrogens is 3. The summed E-state index contributed by atoms with van der Waals surface area (Å²) >= 11 is 0. The van der Waals surface area contributed by atoms with Gasteiger partial charge in [-0.15, -0.1) is 0 Å². The van der Waals surface area contributed by atoms with Gasteiger partial charge >= 0.3 is 6.18 Å². The lowest BCUT2D eigenvalue weighted by Gasteiger charge is -2.31. The van der Waals surface area contributed by atoms with Gasteiger partial charge in [-0.1, -0.05) is 0 Å². The molecule has 218 valence electrons. The highest BCUT2D eigenvalue weighted by atomic mass is 19.4. The molecule has 0 spiro atoms. The van der Waals surface area contributed by atoms with Gasteiger partial charge in [0.1, 0.15) is 34.9 Å². The van der Waals surface area contributed by atoms with E-state index in [2.05, 4.69) is 15.3 Å². The van der Waals surface area contributed by atoms with Crippen LogP contribution in [0.4, 0.5) is 17.6 Å². The number of ether oxygens (including phenoxy) is 1. The Morgan fingerprint density at radius 2 is 1.86 bits per heavy atom. The number of carbonyl (C=O) groups excluding carboxylic acids is 2. The van der Waals surface area contributed by atoms with Crippen LogP contribution in [0.25, 0.3) is 16.9 Å². The first-order chi connectivity index (χ1) is 19.8. The summed E-state index contributed by atoms with van der Waals surface area (Å²) < 4.78 is 64.7. The number of carbonyl (C=O) groups is 2. The first kappa shape index (κ1) is 27.6. The van der Waals surface area contributed by atoms with Crippen molar-refractivity contribution in [1.82, 2.24) is 19.7 Å². The number of hydrogen-bond donors (Lipinski definition) is 3. The molecule has 1 fully saturated rings. The van der Waals surface area contributed by atoms with Crippen LogP contribution < -0.4 is 15.8 Å². The van der Waals surface area contributed by atoms with Gasteiger partial charge in [-0.2, -0.15) is 13.2 Å². The Bertz CT molecular complexity index is 1730. The second-order valence-electron chi connectivity index (χ2n) is 10.9. The summed E-state index contributed by atoms with van der Waals surface area (Å²) in [4.78, 5) is 33.9. The molecule has 1 unspecified atom stereocenters. The highest BCUT2D eigenvalue weighted by molar-refractivity contribution is 5.94. The van der Waals surface area contributed by atoms with Gasteiger partial charge in [0.2, 0.25) is 11.5 Å². The lowest BCUT2D eigenvalue weighted by Crippen LogP contribution is -2.51. The van der Waals surface area contributed by atoms with E-state index in [0.717, 1.165) is 36.7 Å². The van der Waals surface area contributed by atoms with Crippen molar-refractivity contribution in [3.8, 4) is 17.0 Å². The van der Waals surface area contributed by atoms with Crippen molar-refractivity contribution in [3.05, 3.63) is 83.2 Å². The molecule has 1 aliphatic carbocycles. The number of alkyl halides is 3. The summed E-state index contributed by atoms with van der Waals surface area (Å²) in [5.74, 6) is -1.98. The van der Waals surface area contributed by atoms with E-state index < -0.39 is 47.1 Å². The van der Waals surface area contributed by atoms with E-state index in [9.17, 15) is 32.3 Å². The zero-order chi connectivity index (χ0) is 30.0. The van der Waals surface area contributed by atoms with E-state index in [4.69, 9.17) is 10.5 Å². The second kappa shape index (κ2) is 9.51. The van der Waals surface area contributed by atoms with Crippen LogP contribution in [0, 0.1) is 5.82 Å². The Morgan fingerprint density at radius 1 is 1.14 bits per heavy atom. The quantitative estimate of drug-likeness (QED) is 0.284. The van der Waals surface area contributed by atoms with Gasteiger partial charge in [-0.05, 0) is 62.2 Å². The van der Waals surface area contributed by atoms with E-state index in [1.165, 1.54) is 31.3 Å². The summed E-state index contributed by atoms with van der Waals surface area (Å²) in [6.07, 6.45) is -0.0437. The van der Waals surface area contributed by atoms with Crippen molar-refractivity contribution in [2.24, 2.45) is 5.73 Å². The molecule has 0 radical (unpaired) electrons. The number of pyridine rings is 2.